The first-order valence-electron chi connectivity index (χ1n) is 11.5. The van der Waals surface area contributed by atoms with Crippen LogP contribution in [0.5, 0.6) is 0 Å². The summed E-state index contributed by atoms with van der Waals surface area (Å²) in [5.41, 5.74) is -0.775. The molecule has 3 amide bonds. The average molecular weight is 650 g/mol. The Morgan fingerprint density at radius 1 is 0.868 bits per heavy atom. The molecule has 2 bridgehead atoms. The number of hydrogen-bond acceptors (Lipinski definition) is 8. The standard InChI is InChI=1S/C24H18Br2N4O8/c25-20-15-9-16(21(20)26)19-18(15)23(33)28(24(19)34)27(22(32)11-4-6-13(7-5-11)29(35)36)10-17(31)12-2-1-3-14(8-12)30(37)38/h1-8,15-16,18-21H,9-10H2/t15-,16-,18-,19-,20-,21+/m1/s1. The van der Waals surface area contributed by atoms with Crippen LogP contribution in [0, 0.1) is 43.9 Å². The zero-order chi connectivity index (χ0) is 27.5. The fraction of sp³-hybridized carbons (Fsp3) is 0.333. The van der Waals surface area contributed by atoms with E-state index in [1.807, 2.05) is 0 Å². The second-order valence-corrected chi connectivity index (χ2v) is 11.5. The summed E-state index contributed by atoms with van der Waals surface area (Å²) in [5, 5.41) is 23.7. The van der Waals surface area contributed by atoms with E-state index in [9.17, 15) is 39.4 Å². The van der Waals surface area contributed by atoms with Crippen LogP contribution in [-0.4, -0.2) is 59.6 Å². The summed E-state index contributed by atoms with van der Waals surface area (Å²) in [6.45, 7) is -0.751. The van der Waals surface area contributed by atoms with Gasteiger partial charge in [-0.3, -0.25) is 39.4 Å². The second kappa shape index (κ2) is 9.66. The summed E-state index contributed by atoms with van der Waals surface area (Å²) < 4.78 is 0. The smallest absolute Gasteiger partial charge is 0.273 e. The number of carbonyl (C=O) groups excluding carboxylic acids is 4. The minimum Gasteiger partial charge on any atom is -0.292 e. The number of hydrazine groups is 1. The van der Waals surface area contributed by atoms with Crippen molar-refractivity contribution in [3.05, 3.63) is 79.9 Å². The molecule has 3 fully saturated rings. The Labute approximate surface area is 231 Å². The van der Waals surface area contributed by atoms with Gasteiger partial charge in [-0.25, -0.2) is 5.01 Å². The minimum atomic E-state index is -0.890. The summed E-state index contributed by atoms with van der Waals surface area (Å²) in [5.74, 6) is -4.42. The van der Waals surface area contributed by atoms with Crippen LogP contribution in [0.25, 0.3) is 0 Å². The highest BCUT2D eigenvalue weighted by atomic mass is 79.9. The minimum absolute atomic E-state index is 0.0456. The van der Waals surface area contributed by atoms with Crippen molar-refractivity contribution in [1.29, 1.82) is 0 Å². The summed E-state index contributed by atoms with van der Waals surface area (Å²) in [6.07, 6.45) is 0.662. The van der Waals surface area contributed by atoms with Crippen LogP contribution in [-0.2, 0) is 9.59 Å². The third-order valence-electron chi connectivity index (χ3n) is 7.44. The van der Waals surface area contributed by atoms with E-state index in [4.69, 9.17) is 0 Å². The number of alkyl halides is 2. The molecule has 14 heteroatoms. The molecule has 6 atom stereocenters. The van der Waals surface area contributed by atoms with E-state index < -0.39 is 51.7 Å². The fourth-order valence-electron chi connectivity index (χ4n) is 5.70. The number of rotatable bonds is 7. The van der Waals surface area contributed by atoms with Crippen molar-refractivity contribution >= 4 is 66.7 Å². The van der Waals surface area contributed by atoms with E-state index in [0.29, 0.717) is 6.42 Å². The van der Waals surface area contributed by atoms with Crippen molar-refractivity contribution in [3.63, 3.8) is 0 Å². The number of non-ortho nitro benzene ring substituents is 2. The molecule has 2 aromatic carbocycles. The Morgan fingerprint density at radius 2 is 1.42 bits per heavy atom. The van der Waals surface area contributed by atoms with Gasteiger partial charge in [0.05, 0.1) is 21.7 Å². The normalized spacial score (nSPS) is 27.4. The maximum Gasteiger partial charge on any atom is 0.273 e. The number of halogens is 2. The summed E-state index contributed by atoms with van der Waals surface area (Å²) >= 11 is 7.20. The molecule has 0 unspecified atom stereocenters. The van der Waals surface area contributed by atoms with Crippen LogP contribution in [0.15, 0.2) is 48.5 Å². The molecule has 0 aromatic heterocycles. The van der Waals surface area contributed by atoms with Crippen LogP contribution in [0.3, 0.4) is 0 Å². The molecule has 5 rings (SSSR count). The number of hydrogen-bond donors (Lipinski definition) is 0. The van der Waals surface area contributed by atoms with Crippen LogP contribution in [0.2, 0.25) is 0 Å². The van der Waals surface area contributed by atoms with Gasteiger partial charge < -0.3 is 0 Å². The van der Waals surface area contributed by atoms with Crippen molar-refractivity contribution in [3.8, 4) is 0 Å². The van der Waals surface area contributed by atoms with Crippen LogP contribution in [0.1, 0.15) is 27.1 Å². The van der Waals surface area contributed by atoms with E-state index in [0.717, 1.165) is 28.2 Å². The molecular formula is C24H18Br2N4O8. The highest BCUT2D eigenvalue weighted by molar-refractivity contribution is 9.12. The predicted molar refractivity (Wildman–Crippen MR) is 137 cm³/mol. The lowest BCUT2D eigenvalue weighted by atomic mass is 9.81. The lowest BCUT2D eigenvalue weighted by molar-refractivity contribution is -0.385. The number of ketones is 1. The third kappa shape index (κ3) is 4.11. The topological polar surface area (TPSA) is 161 Å². The van der Waals surface area contributed by atoms with Gasteiger partial charge in [0.15, 0.2) is 5.78 Å². The van der Waals surface area contributed by atoms with Crippen molar-refractivity contribution in [2.75, 3.05) is 6.54 Å². The first-order valence-corrected chi connectivity index (χ1v) is 13.3. The molecule has 1 aliphatic heterocycles. The molecule has 2 aliphatic carbocycles. The fourth-order valence-corrected chi connectivity index (χ4v) is 7.57. The van der Waals surface area contributed by atoms with Crippen LogP contribution in [0.4, 0.5) is 11.4 Å². The SMILES string of the molecule is O=C(CN(C(=O)c1ccc([N+](=O)[O-])cc1)N1C(=O)[C@@H]2[C@H]3C[C@@H]([C@@H](Br)[C@H]3Br)[C@H]2C1=O)c1cccc([N+](=O)[O-])c1. The van der Waals surface area contributed by atoms with Gasteiger partial charge >= 0.3 is 0 Å². The predicted octanol–water partition coefficient (Wildman–Crippen LogP) is 3.52. The second-order valence-electron chi connectivity index (χ2n) is 9.39. The van der Waals surface area contributed by atoms with Crippen LogP contribution >= 0.6 is 31.9 Å². The first kappa shape index (κ1) is 26.1. The van der Waals surface area contributed by atoms with E-state index in [-0.39, 0.29) is 44.0 Å². The zero-order valence-electron chi connectivity index (χ0n) is 19.3. The molecule has 0 radical (unpaired) electrons. The number of imide groups is 1. The number of nitrogens with zero attached hydrogens (tertiary/aromatic N) is 4. The Balaban J connectivity index is 1.51. The summed E-state index contributed by atoms with van der Waals surface area (Å²) in [7, 11) is 0. The van der Waals surface area contributed by atoms with Crippen molar-refractivity contribution in [2.24, 2.45) is 23.7 Å². The molecule has 2 saturated carbocycles. The molecule has 3 aliphatic rings. The van der Waals surface area contributed by atoms with E-state index in [1.165, 1.54) is 30.3 Å². The molecule has 1 heterocycles. The van der Waals surface area contributed by atoms with Gasteiger partial charge in [0, 0.05) is 45.0 Å². The summed E-state index contributed by atoms with van der Waals surface area (Å²) in [6, 6.07) is 9.43. The lowest BCUT2D eigenvalue weighted by Crippen LogP contribution is -2.52. The number of benzene rings is 2. The number of Topliss-reactive ketones (excluding diaryl/α,β-unsaturated/α-hetero) is 1. The summed E-state index contributed by atoms with van der Waals surface area (Å²) in [4.78, 5) is 74.8. The Bertz CT molecular complexity index is 1370. The van der Waals surface area contributed by atoms with E-state index in [2.05, 4.69) is 31.9 Å². The number of carbonyl (C=O) groups is 4. The van der Waals surface area contributed by atoms with Gasteiger partial charge in [0.1, 0.15) is 6.54 Å². The van der Waals surface area contributed by atoms with E-state index >= 15 is 0 Å². The van der Waals surface area contributed by atoms with Gasteiger partial charge in [0.2, 0.25) is 0 Å². The van der Waals surface area contributed by atoms with Gasteiger partial charge in [-0.1, -0.05) is 44.0 Å². The molecule has 0 spiro atoms. The number of amides is 3. The van der Waals surface area contributed by atoms with Gasteiger partial charge in [-0.2, -0.15) is 5.01 Å². The number of nitro groups is 2. The molecule has 12 nitrogen and oxygen atoms in total. The Hall–Kier alpha value is -3.52. The monoisotopic (exact) mass is 648 g/mol. The molecule has 2 aromatic rings. The van der Waals surface area contributed by atoms with Gasteiger partial charge in [0.25, 0.3) is 29.1 Å². The van der Waals surface area contributed by atoms with Gasteiger partial charge in [-0.15, -0.1) is 0 Å². The maximum absolute atomic E-state index is 13.6. The highest BCUT2D eigenvalue weighted by Crippen LogP contribution is 2.60. The van der Waals surface area contributed by atoms with Crippen molar-refractivity contribution in [1.82, 2.24) is 10.0 Å². The van der Waals surface area contributed by atoms with E-state index in [1.54, 1.807) is 0 Å². The maximum atomic E-state index is 13.6. The molecule has 38 heavy (non-hydrogen) atoms. The number of nitro benzene ring substituents is 2. The van der Waals surface area contributed by atoms with Gasteiger partial charge in [-0.05, 0) is 30.4 Å². The molecular weight excluding hydrogens is 632 g/mol. The Kier molecular flexibility index (Phi) is 6.63. The number of fused-ring (bicyclic) bond motifs is 5. The zero-order valence-corrected chi connectivity index (χ0v) is 22.5. The first-order chi connectivity index (χ1) is 18.0. The van der Waals surface area contributed by atoms with Crippen molar-refractivity contribution < 1.29 is 29.0 Å². The third-order valence-corrected chi connectivity index (χ3v) is 10.6. The van der Waals surface area contributed by atoms with Crippen LogP contribution < -0.4 is 0 Å². The molecule has 196 valence electrons. The van der Waals surface area contributed by atoms with Crippen molar-refractivity contribution in [2.45, 2.75) is 16.1 Å². The lowest BCUT2D eigenvalue weighted by Gasteiger charge is -2.30. The Morgan fingerprint density at radius 3 is 1.95 bits per heavy atom. The largest absolute Gasteiger partial charge is 0.292 e. The average Bonchev–Trinajstić information content (AvgIpc) is 3.51. The highest BCUT2D eigenvalue weighted by Gasteiger charge is 2.67. The quantitative estimate of drug-likeness (QED) is 0.145. The molecule has 1 saturated heterocycles. The molecule has 0 N–H and O–H groups in total.